The fourth-order valence-electron chi connectivity index (χ4n) is 7.58. The quantitative estimate of drug-likeness (QED) is 0.0193. The zero-order chi connectivity index (χ0) is 43.6. The molecule has 0 bridgehead atoms. The minimum absolute atomic E-state index is 0.105. The summed E-state index contributed by atoms with van der Waals surface area (Å²) in [6.07, 6.45) is 23.1. The van der Waals surface area contributed by atoms with Crippen LogP contribution in [0, 0.1) is 0 Å². The number of carbonyl (C=O) groups is 2. The van der Waals surface area contributed by atoms with E-state index in [1.165, 1.54) is 141 Å². The maximum absolute atomic E-state index is 12.8. The van der Waals surface area contributed by atoms with Crippen molar-refractivity contribution in [3.05, 3.63) is 0 Å². The van der Waals surface area contributed by atoms with Crippen molar-refractivity contribution >= 4 is 19.8 Å². The molecule has 0 aliphatic heterocycles. The molecule has 1 aliphatic rings. The fourth-order valence-corrected chi connectivity index (χ4v) is 8.56. The number of ether oxygens (including phenoxy) is 2. The average molecular weight is 867 g/mol. The second kappa shape index (κ2) is 36.3. The van der Waals surface area contributed by atoms with E-state index < -0.39 is 75.7 Å². The van der Waals surface area contributed by atoms with Crippen LogP contribution in [0.1, 0.15) is 219 Å². The van der Waals surface area contributed by atoms with Crippen molar-refractivity contribution in [2.45, 2.75) is 262 Å². The van der Waals surface area contributed by atoms with Crippen molar-refractivity contribution < 1.29 is 63.1 Å². The third-order valence-corrected chi connectivity index (χ3v) is 12.4. The third kappa shape index (κ3) is 29.0. The highest BCUT2D eigenvalue weighted by Crippen LogP contribution is 2.47. The van der Waals surface area contributed by atoms with Gasteiger partial charge in [-0.15, -0.1) is 0 Å². The predicted molar refractivity (Wildman–Crippen MR) is 231 cm³/mol. The molecule has 1 fully saturated rings. The lowest BCUT2D eigenvalue weighted by Gasteiger charge is -2.41. The van der Waals surface area contributed by atoms with Gasteiger partial charge in [-0.25, -0.2) is 4.57 Å². The van der Waals surface area contributed by atoms with E-state index in [2.05, 4.69) is 13.8 Å². The molecule has 0 aromatic heterocycles. The minimum atomic E-state index is -5.11. The Hall–Kier alpha value is -1.15. The first-order chi connectivity index (χ1) is 28.4. The third-order valence-electron chi connectivity index (χ3n) is 11.4. The lowest BCUT2D eigenvalue weighted by atomic mass is 9.85. The van der Waals surface area contributed by atoms with Gasteiger partial charge in [0.15, 0.2) is 6.10 Å². The first-order valence-electron chi connectivity index (χ1n) is 23.8. The number of hydrogen-bond acceptors (Lipinski definition) is 12. The highest BCUT2D eigenvalue weighted by atomic mass is 31.2. The summed E-state index contributed by atoms with van der Waals surface area (Å²) in [7, 11) is -5.11. The Morgan fingerprint density at radius 1 is 0.458 bits per heavy atom. The Morgan fingerprint density at radius 3 is 1.12 bits per heavy atom. The number of unbranched alkanes of at least 4 members (excludes halogenated alkanes) is 28. The van der Waals surface area contributed by atoms with E-state index >= 15 is 0 Å². The normalized spacial score (nSPS) is 22.2. The van der Waals surface area contributed by atoms with E-state index in [0.29, 0.717) is 12.8 Å². The van der Waals surface area contributed by atoms with Gasteiger partial charge in [-0.1, -0.05) is 194 Å². The number of aliphatic hydroxyl groups is 5. The fraction of sp³-hybridized carbons (Fsp3) is 0.956. The van der Waals surface area contributed by atoms with Crippen LogP contribution in [0.5, 0.6) is 0 Å². The molecule has 14 heteroatoms. The number of aliphatic hydroxyl groups excluding tert-OH is 5. The standard InChI is InChI=1S/C45H87O13P/c1-3-5-7-9-11-13-15-16-17-18-19-20-21-22-24-26-28-30-32-34-39(47)57-37(35-55-38(46)33-31-29-27-25-23-14-12-10-8-6-4-2)36-56-59(53,54)58-45-43(51)41(49)40(48)42(50)44(45)52/h37,40-45,48-52H,3-36H2,1-2H3,(H,53,54)/t37-,40?,41+,42?,43?,44?,45?/m1/s1. The SMILES string of the molecule is CCCCCCCCCCCCCCCCCCCCCC(=O)O[C@H](COC(=O)CCCCCCCCCCCCC)COP(=O)(O)OC1C(O)C(O)C(O)[C@H](O)C1O. The average Bonchev–Trinajstić information content (AvgIpc) is 3.21. The second-order valence-electron chi connectivity index (χ2n) is 17.0. The Bertz CT molecular complexity index is 1050. The number of phosphoric acid groups is 1. The van der Waals surface area contributed by atoms with Crippen LogP contribution < -0.4 is 0 Å². The highest BCUT2D eigenvalue weighted by Gasteiger charge is 2.51. The Balaban J connectivity index is 2.40. The predicted octanol–water partition coefficient (Wildman–Crippen LogP) is 9.28. The molecular weight excluding hydrogens is 779 g/mol. The van der Waals surface area contributed by atoms with Crippen molar-refractivity contribution in [3.8, 4) is 0 Å². The van der Waals surface area contributed by atoms with Crippen molar-refractivity contribution in [2.75, 3.05) is 13.2 Å². The van der Waals surface area contributed by atoms with E-state index in [1.807, 2.05) is 0 Å². The van der Waals surface area contributed by atoms with Gasteiger partial charge >= 0.3 is 19.8 Å². The van der Waals surface area contributed by atoms with Crippen molar-refractivity contribution in [1.29, 1.82) is 0 Å². The number of hydrogen-bond donors (Lipinski definition) is 6. The van der Waals surface area contributed by atoms with Gasteiger partial charge in [0.1, 0.15) is 43.2 Å². The van der Waals surface area contributed by atoms with Crippen molar-refractivity contribution in [1.82, 2.24) is 0 Å². The van der Waals surface area contributed by atoms with E-state index in [4.69, 9.17) is 18.5 Å². The van der Waals surface area contributed by atoms with Crippen molar-refractivity contribution in [3.63, 3.8) is 0 Å². The van der Waals surface area contributed by atoms with Gasteiger partial charge in [-0.3, -0.25) is 18.6 Å². The van der Waals surface area contributed by atoms with Crippen molar-refractivity contribution in [2.24, 2.45) is 0 Å². The molecule has 0 radical (unpaired) electrons. The zero-order valence-corrected chi connectivity index (χ0v) is 38.0. The zero-order valence-electron chi connectivity index (χ0n) is 37.1. The maximum atomic E-state index is 12.8. The Morgan fingerprint density at radius 2 is 0.763 bits per heavy atom. The van der Waals surface area contributed by atoms with Crippen LogP contribution in [0.25, 0.3) is 0 Å². The van der Waals surface area contributed by atoms with Crippen LogP contribution in [0.2, 0.25) is 0 Å². The van der Waals surface area contributed by atoms with E-state index in [9.17, 15) is 44.6 Å². The molecule has 0 aromatic carbocycles. The lowest BCUT2D eigenvalue weighted by molar-refractivity contribution is -0.220. The van der Waals surface area contributed by atoms with Crippen LogP contribution in [0.15, 0.2) is 0 Å². The number of rotatable bonds is 40. The van der Waals surface area contributed by atoms with Crippen LogP contribution >= 0.6 is 7.82 Å². The summed E-state index contributed by atoms with van der Waals surface area (Å²) in [6.45, 7) is 3.31. The van der Waals surface area contributed by atoms with Crippen LogP contribution in [0.3, 0.4) is 0 Å². The molecule has 1 aliphatic carbocycles. The molecule has 0 amide bonds. The largest absolute Gasteiger partial charge is 0.472 e. The molecular formula is C45H87O13P. The topological polar surface area (TPSA) is 210 Å². The van der Waals surface area contributed by atoms with Gasteiger partial charge in [-0.2, -0.15) is 0 Å². The molecule has 6 N–H and O–H groups in total. The molecule has 350 valence electrons. The van der Waals surface area contributed by atoms with Gasteiger partial charge in [0.05, 0.1) is 6.61 Å². The monoisotopic (exact) mass is 867 g/mol. The minimum Gasteiger partial charge on any atom is -0.462 e. The summed E-state index contributed by atoms with van der Waals surface area (Å²) >= 11 is 0. The molecule has 6 unspecified atom stereocenters. The molecule has 1 rings (SSSR count). The molecule has 0 saturated heterocycles. The second-order valence-corrected chi connectivity index (χ2v) is 18.4. The molecule has 13 nitrogen and oxygen atoms in total. The number of carbonyl (C=O) groups excluding carboxylic acids is 2. The molecule has 1 saturated carbocycles. The van der Waals surface area contributed by atoms with Crippen LogP contribution in [0.4, 0.5) is 0 Å². The van der Waals surface area contributed by atoms with Gasteiger partial charge in [0, 0.05) is 12.8 Å². The summed E-state index contributed by atoms with van der Waals surface area (Å²) in [5.74, 6) is -1.08. The smallest absolute Gasteiger partial charge is 0.462 e. The van der Waals surface area contributed by atoms with Gasteiger partial charge in [-0.05, 0) is 12.8 Å². The van der Waals surface area contributed by atoms with Gasteiger partial charge in [0.2, 0.25) is 0 Å². The maximum Gasteiger partial charge on any atom is 0.472 e. The Labute approximate surface area is 357 Å². The van der Waals surface area contributed by atoms with Crippen LogP contribution in [-0.2, 0) is 32.7 Å². The summed E-state index contributed by atoms with van der Waals surface area (Å²) in [4.78, 5) is 35.7. The summed E-state index contributed by atoms with van der Waals surface area (Å²) < 4.78 is 33.5. The molecule has 0 aromatic rings. The summed E-state index contributed by atoms with van der Waals surface area (Å²) in [5, 5.41) is 50.1. The van der Waals surface area contributed by atoms with E-state index in [-0.39, 0.29) is 12.8 Å². The van der Waals surface area contributed by atoms with Gasteiger partial charge in [0.25, 0.3) is 0 Å². The molecule has 8 atom stereocenters. The number of esters is 2. The molecule has 0 heterocycles. The Kier molecular flexibility index (Phi) is 34.4. The molecule has 0 spiro atoms. The highest BCUT2D eigenvalue weighted by molar-refractivity contribution is 7.47. The number of phosphoric ester groups is 1. The van der Waals surface area contributed by atoms with E-state index in [1.54, 1.807) is 0 Å². The first kappa shape index (κ1) is 55.9. The molecule has 59 heavy (non-hydrogen) atoms. The van der Waals surface area contributed by atoms with E-state index in [0.717, 1.165) is 38.5 Å². The first-order valence-corrected chi connectivity index (χ1v) is 25.3. The summed E-state index contributed by atoms with van der Waals surface area (Å²) in [6, 6.07) is 0. The van der Waals surface area contributed by atoms with Crippen LogP contribution in [-0.4, -0.2) is 98.3 Å². The lowest BCUT2D eigenvalue weighted by Crippen LogP contribution is -2.64. The van der Waals surface area contributed by atoms with Gasteiger partial charge < -0.3 is 39.9 Å². The summed E-state index contributed by atoms with van der Waals surface area (Å²) in [5.41, 5.74) is 0.